The molecule has 0 aliphatic heterocycles. The van der Waals surface area contributed by atoms with Crippen LogP contribution < -0.4 is 5.32 Å². The molecule has 16 heavy (non-hydrogen) atoms. The van der Waals surface area contributed by atoms with Crippen LogP contribution in [0.1, 0.15) is 31.5 Å². The van der Waals surface area contributed by atoms with E-state index in [9.17, 15) is 4.79 Å². The highest BCUT2D eigenvalue weighted by atomic mass is 16.3. The lowest BCUT2D eigenvalue weighted by atomic mass is 10.3. The molecule has 1 aliphatic carbocycles. The molecular formula is C10H16N4O2. The van der Waals surface area contributed by atoms with E-state index in [1.54, 1.807) is 13.1 Å². The van der Waals surface area contributed by atoms with Crippen LogP contribution in [0.3, 0.4) is 0 Å². The molecule has 1 heterocycles. The van der Waals surface area contributed by atoms with Crippen molar-refractivity contribution in [1.29, 1.82) is 0 Å². The summed E-state index contributed by atoms with van der Waals surface area (Å²) in [5.41, 5.74) is 0.702. The van der Waals surface area contributed by atoms with Gasteiger partial charge in [-0.3, -0.25) is 4.79 Å². The predicted octanol–water partition coefficient (Wildman–Crippen LogP) is -0.348. The Bertz CT molecular complexity index is 373. The van der Waals surface area contributed by atoms with Crippen LogP contribution >= 0.6 is 0 Å². The highest BCUT2D eigenvalue weighted by molar-refractivity contribution is 5.80. The summed E-state index contributed by atoms with van der Waals surface area (Å²) < 4.78 is 1.53. The first-order valence-corrected chi connectivity index (χ1v) is 5.52. The Labute approximate surface area is 93.6 Å². The molecule has 0 bridgehead atoms. The van der Waals surface area contributed by atoms with Crippen LogP contribution in [-0.2, 0) is 11.2 Å². The zero-order valence-corrected chi connectivity index (χ0v) is 9.26. The van der Waals surface area contributed by atoms with E-state index in [4.69, 9.17) is 5.11 Å². The Morgan fingerprint density at radius 3 is 3.12 bits per heavy atom. The summed E-state index contributed by atoms with van der Waals surface area (Å²) in [4.78, 5) is 11.7. The van der Waals surface area contributed by atoms with Crippen molar-refractivity contribution in [1.82, 2.24) is 20.3 Å². The van der Waals surface area contributed by atoms with Crippen LogP contribution in [-0.4, -0.2) is 38.7 Å². The first-order valence-electron chi connectivity index (χ1n) is 5.52. The van der Waals surface area contributed by atoms with Crippen LogP contribution in [0.2, 0.25) is 0 Å². The smallest absolute Gasteiger partial charge is 0.244 e. The van der Waals surface area contributed by atoms with E-state index in [2.05, 4.69) is 15.6 Å². The Morgan fingerprint density at radius 1 is 1.75 bits per heavy atom. The number of aliphatic hydroxyl groups is 1. The van der Waals surface area contributed by atoms with E-state index in [1.165, 1.54) is 4.68 Å². The number of rotatable bonds is 5. The maximum atomic E-state index is 11.7. The number of nitrogens with zero attached hydrogens (tertiary/aromatic N) is 3. The molecule has 0 radical (unpaired) electrons. The van der Waals surface area contributed by atoms with Gasteiger partial charge in [-0.2, -0.15) is 0 Å². The summed E-state index contributed by atoms with van der Waals surface area (Å²) in [6, 6.07) is 0.0101. The molecule has 0 aromatic carbocycles. The SMILES string of the molecule is CC(C(=O)NC1CC1)n1cc(CCO)nn1. The molecule has 2 rings (SSSR count). The van der Waals surface area contributed by atoms with Gasteiger partial charge in [0, 0.05) is 25.3 Å². The first kappa shape index (κ1) is 11.1. The van der Waals surface area contributed by atoms with Gasteiger partial charge in [-0.05, 0) is 19.8 Å². The Morgan fingerprint density at radius 2 is 2.50 bits per heavy atom. The molecule has 1 fully saturated rings. The molecule has 88 valence electrons. The fourth-order valence-electron chi connectivity index (χ4n) is 1.40. The molecule has 1 aliphatic rings. The molecule has 1 aromatic rings. The van der Waals surface area contributed by atoms with Crippen molar-refractivity contribution < 1.29 is 9.90 Å². The summed E-state index contributed by atoms with van der Waals surface area (Å²) >= 11 is 0. The summed E-state index contributed by atoms with van der Waals surface area (Å²) in [5, 5.41) is 19.4. The second kappa shape index (κ2) is 4.61. The fraction of sp³-hybridized carbons (Fsp3) is 0.700. The van der Waals surface area contributed by atoms with Gasteiger partial charge in [0.25, 0.3) is 0 Å². The third kappa shape index (κ3) is 2.57. The zero-order chi connectivity index (χ0) is 11.5. The third-order valence-corrected chi connectivity index (χ3v) is 2.63. The van der Waals surface area contributed by atoms with E-state index in [1.807, 2.05) is 0 Å². The minimum absolute atomic E-state index is 0.0250. The van der Waals surface area contributed by atoms with Crippen LogP contribution in [0, 0.1) is 0 Å². The molecule has 1 amide bonds. The number of carbonyl (C=O) groups excluding carboxylic acids is 1. The number of amides is 1. The normalized spacial score (nSPS) is 17.1. The minimum Gasteiger partial charge on any atom is -0.396 e. The lowest BCUT2D eigenvalue weighted by molar-refractivity contribution is -0.124. The predicted molar refractivity (Wildman–Crippen MR) is 56.7 cm³/mol. The molecule has 0 spiro atoms. The highest BCUT2D eigenvalue weighted by Crippen LogP contribution is 2.19. The fourth-order valence-corrected chi connectivity index (χ4v) is 1.40. The number of nitrogens with one attached hydrogen (secondary N) is 1. The van der Waals surface area contributed by atoms with Crippen molar-refractivity contribution in [2.45, 2.75) is 38.3 Å². The second-order valence-corrected chi connectivity index (χ2v) is 4.12. The molecule has 1 aromatic heterocycles. The van der Waals surface area contributed by atoms with Gasteiger partial charge in [0.15, 0.2) is 0 Å². The molecule has 1 saturated carbocycles. The number of hydrogen-bond donors (Lipinski definition) is 2. The van der Waals surface area contributed by atoms with Crippen LogP contribution in [0.5, 0.6) is 0 Å². The highest BCUT2D eigenvalue weighted by Gasteiger charge is 2.26. The number of carbonyl (C=O) groups is 1. The van der Waals surface area contributed by atoms with Crippen LogP contribution in [0.15, 0.2) is 6.20 Å². The van der Waals surface area contributed by atoms with Gasteiger partial charge in [-0.15, -0.1) is 5.10 Å². The molecule has 2 N–H and O–H groups in total. The van der Waals surface area contributed by atoms with Gasteiger partial charge in [0.1, 0.15) is 6.04 Å². The van der Waals surface area contributed by atoms with Crippen molar-refractivity contribution in [3.63, 3.8) is 0 Å². The topological polar surface area (TPSA) is 80.0 Å². The van der Waals surface area contributed by atoms with E-state index in [0.29, 0.717) is 18.2 Å². The summed E-state index contributed by atoms with van der Waals surface area (Å²) in [5.74, 6) is -0.0250. The Kier molecular flexibility index (Phi) is 3.19. The van der Waals surface area contributed by atoms with Gasteiger partial charge in [-0.25, -0.2) is 4.68 Å². The second-order valence-electron chi connectivity index (χ2n) is 4.12. The minimum atomic E-state index is -0.347. The van der Waals surface area contributed by atoms with Gasteiger partial charge in [-0.1, -0.05) is 5.21 Å². The summed E-state index contributed by atoms with van der Waals surface area (Å²) in [6.07, 6.45) is 4.32. The monoisotopic (exact) mass is 224 g/mol. The van der Waals surface area contributed by atoms with Crippen LogP contribution in [0.25, 0.3) is 0 Å². The summed E-state index contributed by atoms with van der Waals surface area (Å²) in [7, 11) is 0. The molecule has 0 saturated heterocycles. The molecular weight excluding hydrogens is 208 g/mol. The standard InChI is InChI=1S/C10H16N4O2/c1-7(10(16)11-8-2-3-8)14-6-9(4-5-15)12-13-14/h6-8,15H,2-5H2,1H3,(H,11,16). The number of aliphatic hydroxyl groups excluding tert-OH is 1. The maximum absolute atomic E-state index is 11.7. The van der Waals surface area contributed by atoms with E-state index in [0.717, 1.165) is 12.8 Å². The lowest BCUT2D eigenvalue weighted by Gasteiger charge is -2.10. The molecule has 6 heteroatoms. The lowest BCUT2D eigenvalue weighted by Crippen LogP contribution is -2.32. The largest absolute Gasteiger partial charge is 0.396 e. The van der Waals surface area contributed by atoms with E-state index >= 15 is 0 Å². The third-order valence-electron chi connectivity index (χ3n) is 2.63. The Balaban J connectivity index is 1.95. The van der Waals surface area contributed by atoms with Gasteiger partial charge in [0.05, 0.1) is 5.69 Å². The van der Waals surface area contributed by atoms with Crippen LogP contribution in [0.4, 0.5) is 0 Å². The molecule has 6 nitrogen and oxygen atoms in total. The summed E-state index contributed by atoms with van der Waals surface area (Å²) in [6.45, 7) is 1.83. The Hall–Kier alpha value is -1.43. The maximum Gasteiger partial charge on any atom is 0.244 e. The average Bonchev–Trinajstić information content (AvgIpc) is 2.95. The van der Waals surface area contributed by atoms with Gasteiger partial charge in [0.2, 0.25) is 5.91 Å². The van der Waals surface area contributed by atoms with Crippen molar-refractivity contribution in [3.05, 3.63) is 11.9 Å². The quantitative estimate of drug-likeness (QED) is 0.716. The van der Waals surface area contributed by atoms with E-state index in [-0.39, 0.29) is 18.6 Å². The zero-order valence-electron chi connectivity index (χ0n) is 9.26. The van der Waals surface area contributed by atoms with Crippen molar-refractivity contribution in [3.8, 4) is 0 Å². The number of hydrogen-bond acceptors (Lipinski definition) is 4. The number of aromatic nitrogens is 3. The molecule has 1 atom stereocenters. The van der Waals surface area contributed by atoms with Crippen molar-refractivity contribution >= 4 is 5.91 Å². The molecule has 1 unspecified atom stereocenters. The van der Waals surface area contributed by atoms with Crippen molar-refractivity contribution in [2.75, 3.05) is 6.61 Å². The van der Waals surface area contributed by atoms with E-state index < -0.39 is 0 Å². The van der Waals surface area contributed by atoms with Gasteiger partial charge < -0.3 is 10.4 Å². The first-order chi connectivity index (χ1) is 7.70. The average molecular weight is 224 g/mol. The van der Waals surface area contributed by atoms with Gasteiger partial charge >= 0.3 is 0 Å². The van der Waals surface area contributed by atoms with Crippen molar-refractivity contribution in [2.24, 2.45) is 0 Å².